The molecule has 1 nitrogen and oxygen atoms in total. The first-order valence-corrected chi connectivity index (χ1v) is 4.13. The third-order valence-electron chi connectivity index (χ3n) is 0. The van der Waals surface area contributed by atoms with E-state index in [4.69, 9.17) is 25.5 Å². The molecule has 0 heterocycles. The molecule has 0 bridgehead atoms. The molecule has 0 aromatic heterocycles. The van der Waals surface area contributed by atoms with Crippen LogP contribution in [0.4, 0.5) is 0 Å². The summed E-state index contributed by atoms with van der Waals surface area (Å²) in [4.78, 5) is 0. The Morgan fingerprint density at radius 3 is 1.40 bits per heavy atom. The maximum absolute atomic E-state index is 6.75. The fraction of sp³-hybridized carbons (Fsp3) is 0. The molecule has 0 atom stereocenters. The fourth-order valence-electron chi connectivity index (χ4n) is 0. The summed E-state index contributed by atoms with van der Waals surface area (Å²) in [5, 5.41) is 6.75. The molecule has 0 aromatic carbocycles. The van der Waals surface area contributed by atoms with E-state index < -0.39 is 0 Å². The molecular weight excluding hydrogens is 149 g/mol. The molecule has 4 heteroatoms. The van der Waals surface area contributed by atoms with Crippen LogP contribution in [0.2, 0.25) is 0 Å². The summed E-state index contributed by atoms with van der Waals surface area (Å²) >= 11 is -0.181. The standard InChI is InChI=1S/CH2N.2ClH.Cr/c1-2;;;/h1H2;2*1H;/q-1;;;+3/p-2. The van der Waals surface area contributed by atoms with Crippen LogP contribution in [0.25, 0.3) is 5.41 Å². The molecule has 0 N–H and O–H groups in total. The summed E-state index contributed by atoms with van der Waals surface area (Å²) in [6, 6.07) is 0. The van der Waals surface area contributed by atoms with Gasteiger partial charge in [0, 0.05) is 0 Å². The van der Waals surface area contributed by atoms with E-state index in [2.05, 4.69) is 6.72 Å². The molecule has 0 amide bonds. The van der Waals surface area contributed by atoms with Crippen LogP contribution < -0.4 is 0 Å². The van der Waals surface area contributed by atoms with E-state index in [0.29, 0.717) is 0 Å². The van der Waals surface area contributed by atoms with Crippen molar-refractivity contribution in [2.24, 2.45) is 0 Å². The summed E-state index contributed by atoms with van der Waals surface area (Å²) in [6.07, 6.45) is 0. The first-order chi connectivity index (χ1) is 2.41. The molecule has 0 saturated carbocycles. The summed E-state index contributed by atoms with van der Waals surface area (Å²) in [5.74, 6) is 0. The quantitative estimate of drug-likeness (QED) is 0.469. The number of hydrogen-bond acceptors (Lipinski definition) is 0. The van der Waals surface area contributed by atoms with Crippen molar-refractivity contribution < 1.29 is 13.4 Å². The van der Waals surface area contributed by atoms with E-state index in [0.717, 1.165) is 0 Å². The van der Waals surface area contributed by atoms with Gasteiger partial charge in [0.15, 0.2) is 0 Å². The molecule has 0 aliphatic rings. The second kappa shape index (κ2) is 21.5. The van der Waals surface area contributed by atoms with Gasteiger partial charge in [0.25, 0.3) is 0 Å². The molecule has 0 aliphatic carbocycles. The van der Waals surface area contributed by atoms with Crippen LogP contribution in [-0.4, -0.2) is 6.72 Å². The third-order valence-corrected chi connectivity index (χ3v) is 0. The van der Waals surface area contributed by atoms with Gasteiger partial charge in [-0.3, -0.25) is 0 Å². The Hall–Kier alpha value is 0.782. The Bertz CT molecular complexity index is 13.6. The first kappa shape index (κ1) is 9.24. The van der Waals surface area contributed by atoms with Crippen molar-refractivity contribution in [2.45, 2.75) is 0 Å². The normalized spacial score (nSPS) is 3.60. The molecule has 0 radical (unpaired) electrons. The molecule has 5 heavy (non-hydrogen) atoms. The maximum atomic E-state index is 6.75. The Morgan fingerprint density at radius 2 is 1.40 bits per heavy atom. The summed E-state index contributed by atoms with van der Waals surface area (Å²) in [7, 11) is 9.65. The predicted molar refractivity (Wildman–Crippen MR) is 22.2 cm³/mol. The number of halogens is 2. The second-order valence-electron chi connectivity index (χ2n) is 0.0583. The van der Waals surface area contributed by atoms with Crippen molar-refractivity contribution in [3.63, 3.8) is 0 Å². The molecule has 0 aliphatic heterocycles. The van der Waals surface area contributed by atoms with Crippen molar-refractivity contribution in [3.05, 3.63) is 5.41 Å². The van der Waals surface area contributed by atoms with Crippen LogP contribution in [-0.2, 0) is 13.4 Å². The number of rotatable bonds is 0. The van der Waals surface area contributed by atoms with E-state index in [1.165, 1.54) is 0 Å². The number of nitrogens with zero attached hydrogens (tertiary/aromatic N) is 1. The second-order valence-corrected chi connectivity index (χ2v) is 2.16. The van der Waals surface area contributed by atoms with Gasteiger partial charge in [0.05, 0.1) is 0 Å². The van der Waals surface area contributed by atoms with E-state index >= 15 is 0 Å². The van der Waals surface area contributed by atoms with E-state index in [-0.39, 0.29) is 13.4 Å². The van der Waals surface area contributed by atoms with Crippen molar-refractivity contribution in [3.8, 4) is 0 Å². The fourth-order valence-corrected chi connectivity index (χ4v) is 0. The SMILES string of the molecule is C=[N-].[Cl][Cr+][Cl]. The molecule has 0 saturated heterocycles. The summed E-state index contributed by atoms with van der Waals surface area (Å²) < 4.78 is 0. The first-order valence-electron chi connectivity index (χ1n) is 0.625. The van der Waals surface area contributed by atoms with Crippen LogP contribution in [0.3, 0.4) is 0 Å². The zero-order chi connectivity index (χ0) is 4.71. The van der Waals surface area contributed by atoms with Gasteiger partial charge in [-0.2, -0.15) is 0 Å². The zero-order valence-corrected chi connectivity index (χ0v) is 5.11. The Balaban J connectivity index is 0. The Kier molecular flexibility index (Phi) is 39.8. The van der Waals surface area contributed by atoms with Crippen molar-refractivity contribution in [1.29, 1.82) is 0 Å². The van der Waals surface area contributed by atoms with E-state index in [1.807, 2.05) is 0 Å². The van der Waals surface area contributed by atoms with Gasteiger partial charge in [-0.05, 0) is 0 Å². The predicted octanol–water partition coefficient (Wildman–Crippen LogP) is 1.63. The molecule has 0 fully saturated rings. The van der Waals surface area contributed by atoms with Crippen molar-refractivity contribution in [1.82, 2.24) is 0 Å². The van der Waals surface area contributed by atoms with Crippen LogP contribution in [0.15, 0.2) is 0 Å². The van der Waals surface area contributed by atoms with Crippen LogP contribution in [0, 0.1) is 0 Å². The molecule has 0 aromatic rings. The summed E-state index contributed by atoms with van der Waals surface area (Å²) in [5.41, 5.74) is 0. The van der Waals surface area contributed by atoms with Gasteiger partial charge in [-0.1, -0.05) is 0 Å². The number of hydrogen-bond donors (Lipinski definition) is 0. The molecular formula is CH2Cl2CrN. The van der Waals surface area contributed by atoms with Crippen LogP contribution in [0.5, 0.6) is 0 Å². The minimum atomic E-state index is -0.181. The topological polar surface area (TPSA) is 22.3 Å². The Labute approximate surface area is 45.9 Å². The van der Waals surface area contributed by atoms with Gasteiger partial charge in [-0.15, -0.1) is 0 Å². The van der Waals surface area contributed by atoms with E-state index in [1.54, 1.807) is 0 Å². The van der Waals surface area contributed by atoms with Gasteiger partial charge < -0.3 is 5.41 Å². The molecule has 31 valence electrons. The van der Waals surface area contributed by atoms with Crippen molar-refractivity contribution in [2.75, 3.05) is 0 Å². The molecule has 0 unspecified atom stereocenters. The Morgan fingerprint density at radius 1 is 1.40 bits per heavy atom. The van der Waals surface area contributed by atoms with Gasteiger partial charge in [0.1, 0.15) is 0 Å². The zero-order valence-electron chi connectivity index (χ0n) is 2.32. The van der Waals surface area contributed by atoms with Gasteiger partial charge in [0.2, 0.25) is 0 Å². The minimum absolute atomic E-state index is 0.181. The van der Waals surface area contributed by atoms with E-state index in [9.17, 15) is 0 Å². The third kappa shape index (κ3) is 60.5. The molecule has 0 rings (SSSR count). The average molecular weight is 151 g/mol. The average Bonchev–Trinajstić information content (AvgIpc) is 1.46. The van der Waals surface area contributed by atoms with Gasteiger partial charge >= 0.3 is 33.5 Å². The van der Waals surface area contributed by atoms with Crippen LogP contribution >= 0.6 is 20.1 Å². The monoisotopic (exact) mass is 150 g/mol. The summed E-state index contributed by atoms with van der Waals surface area (Å²) in [6.45, 7) is 2.25. The molecule has 0 spiro atoms. The van der Waals surface area contributed by atoms with Crippen molar-refractivity contribution >= 4 is 26.8 Å². The van der Waals surface area contributed by atoms with Crippen LogP contribution in [0.1, 0.15) is 0 Å². The van der Waals surface area contributed by atoms with Gasteiger partial charge in [-0.25, -0.2) is 6.72 Å².